The van der Waals surface area contributed by atoms with Gasteiger partial charge in [0.2, 0.25) is 0 Å². The van der Waals surface area contributed by atoms with E-state index in [1.54, 1.807) is 0 Å². The first kappa shape index (κ1) is 68.5. The SMILES string of the molecule is CCCCCCCCC1(CCCCCCCC)c2cc(-c3ccc(N(c4ccc(C)cc4)c4ccc(-c5ccccc5)cc4)cc3)ccc2-c2ccc(-c3ccc(N(c4ccc(C)cc4)c4ccc(-c5ccccc5)cc4)cc3)cc21.PPP(P(P)P)P(P)P. The molecule has 0 aromatic heterocycles. The minimum Gasteiger partial charge on any atom is -0.311 e. The van der Waals surface area contributed by atoms with E-state index in [1.165, 1.54) is 168 Å². The molecule has 0 amide bonds. The summed E-state index contributed by atoms with van der Waals surface area (Å²) < 4.78 is 0. The maximum absolute atomic E-state index is 2.93. The van der Waals surface area contributed by atoms with Crippen LogP contribution >= 0.6 is 73.6 Å². The topological polar surface area (TPSA) is 6.48 Å². The van der Waals surface area contributed by atoms with E-state index in [9.17, 15) is 0 Å². The summed E-state index contributed by atoms with van der Waals surface area (Å²) >= 11 is 0. The Hall–Kier alpha value is -4.33. The van der Waals surface area contributed by atoms with Gasteiger partial charge < -0.3 is 9.80 Å². The largest absolute Gasteiger partial charge is 0.311 e. The highest BCUT2D eigenvalue weighted by Crippen LogP contribution is 3.04. The van der Waals surface area contributed by atoms with Crippen molar-refractivity contribution >= 4 is 108 Å². The van der Waals surface area contributed by atoms with Gasteiger partial charge in [-0.1, -0.05) is 268 Å². The Morgan fingerprint density at radius 2 is 0.589 bits per heavy atom. The lowest BCUT2D eigenvalue weighted by atomic mass is 9.70. The molecular weight excluding hydrogens is 1260 g/mol. The summed E-state index contributed by atoms with van der Waals surface area (Å²) in [5.41, 5.74) is 25.2. The van der Waals surface area contributed by atoms with Gasteiger partial charge in [-0.15, -0.1) is 44.6 Å². The molecule has 0 saturated heterocycles. The molecule has 0 saturated carbocycles. The average molecular weight is 1350 g/mol. The molecule has 6 atom stereocenters. The van der Waals surface area contributed by atoms with Crippen molar-refractivity contribution in [2.45, 2.75) is 123 Å². The minimum atomic E-state index is -0.0750. The third-order valence-corrected chi connectivity index (χ3v) is 62.0. The molecule has 6 unspecified atom stereocenters. The van der Waals surface area contributed by atoms with E-state index in [0.717, 1.165) is 42.1 Å². The molecule has 0 heterocycles. The molecule has 11 rings (SSSR count). The van der Waals surface area contributed by atoms with Gasteiger partial charge in [0.15, 0.2) is 0 Å². The predicted molar refractivity (Wildman–Crippen MR) is 427 cm³/mol. The Labute approximate surface area is 557 Å². The molecule has 0 bridgehead atoms. The van der Waals surface area contributed by atoms with E-state index < -0.39 is 0 Å². The third-order valence-electron chi connectivity index (χ3n) is 17.8. The van der Waals surface area contributed by atoms with Crippen LogP contribution in [0.15, 0.2) is 243 Å². The fourth-order valence-corrected chi connectivity index (χ4v) is 74.1. The minimum absolute atomic E-state index is 0.0750. The number of hydrogen-bond acceptors (Lipinski definition) is 2. The molecular formula is C79H91N2P9. The zero-order valence-electron chi connectivity index (χ0n) is 53.1. The van der Waals surface area contributed by atoms with Crippen LogP contribution in [0.4, 0.5) is 34.1 Å². The summed E-state index contributed by atoms with van der Waals surface area (Å²) in [6.07, 6.45) is 17.8. The lowest BCUT2D eigenvalue weighted by molar-refractivity contribution is 0.398. The molecule has 0 radical (unpaired) electrons. The standard InChI is InChI=1S/C79H80N2.H11P9/c1-5-7-9-11-13-21-55-79(56-22-14-12-10-8-6-2)77-57-67(65-35-49-73(50-36-65)80(69-41-27-59(3)28-42-69)71-45-31-63(32-46-71)61-23-17-15-18-24-61)39-53-75(77)76-54-40-68(58-78(76)79)66-37-51-74(52-38-66)81(70-43-29-60(4)30-44-70)72-47-33-64(34-48-72)62-25-19-16-20-26-62;1-6-9(7(2)3)8(4)5/h15-20,23-54,57-58H,5-14,21-22,55-56H2,1-4H3;6H,1-5H2. The molecule has 10 aromatic rings. The highest BCUT2D eigenvalue weighted by molar-refractivity contribution is 9.10. The third kappa shape index (κ3) is 17.3. The molecule has 11 heteroatoms. The van der Waals surface area contributed by atoms with E-state index >= 15 is 0 Å². The van der Waals surface area contributed by atoms with Gasteiger partial charge in [0.1, 0.15) is 0 Å². The zero-order valence-corrected chi connectivity index (χ0v) is 62.6. The van der Waals surface area contributed by atoms with Crippen molar-refractivity contribution in [1.82, 2.24) is 0 Å². The summed E-state index contributed by atoms with van der Waals surface area (Å²) in [6, 6.07) is 90.8. The highest BCUT2D eigenvalue weighted by atomic mass is 33.2. The molecule has 10 aromatic carbocycles. The van der Waals surface area contributed by atoms with Crippen molar-refractivity contribution in [3.8, 4) is 55.6 Å². The van der Waals surface area contributed by atoms with Crippen LogP contribution in [0.1, 0.15) is 126 Å². The molecule has 2 nitrogen and oxygen atoms in total. The van der Waals surface area contributed by atoms with Crippen LogP contribution in [0.3, 0.4) is 0 Å². The Morgan fingerprint density at radius 1 is 0.322 bits per heavy atom. The fraction of sp³-hybridized carbons (Fsp3) is 0.241. The van der Waals surface area contributed by atoms with Crippen LogP contribution in [0.2, 0.25) is 0 Å². The number of aryl methyl sites for hydroxylation is 2. The van der Waals surface area contributed by atoms with Crippen LogP contribution < -0.4 is 9.80 Å². The zero-order chi connectivity index (χ0) is 62.8. The van der Waals surface area contributed by atoms with Gasteiger partial charge in [-0.2, -0.15) is 0 Å². The number of unbranched alkanes of at least 4 members (excludes halogenated alkanes) is 10. The highest BCUT2D eigenvalue weighted by Gasteiger charge is 2.43. The number of nitrogens with zero attached hydrogens (tertiary/aromatic N) is 2. The van der Waals surface area contributed by atoms with Crippen molar-refractivity contribution in [1.29, 1.82) is 0 Å². The molecule has 1 aliphatic rings. The lowest BCUT2D eigenvalue weighted by Crippen LogP contribution is -2.25. The van der Waals surface area contributed by atoms with Crippen LogP contribution in [0.5, 0.6) is 0 Å². The van der Waals surface area contributed by atoms with Crippen molar-refractivity contribution in [3.05, 3.63) is 265 Å². The lowest BCUT2D eigenvalue weighted by Gasteiger charge is -2.33. The van der Waals surface area contributed by atoms with Gasteiger partial charge in [-0.3, -0.25) is 0 Å². The van der Waals surface area contributed by atoms with Gasteiger partial charge >= 0.3 is 0 Å². The first-order chi connectivity index (χ1) is 44.0. The van der Waals surface area contributed by atoms with Gasteiger partial charge in [-0.25, -0.2) is 0 Å². The fourth-order valence-electron chi connectivity index (χ4n) is 12.9. The second-order valence-electron chi connectivity index (χ2n) is 24.1. The molecule has 90 heavy (non-hydrogen) atoms. The maximum Gasteiger partial charge on any atom is 0.0462 e. The second-order valence-corrected chi connectivity index (χ2v) is 54.7. The first-order valence-corrected chi connectivity index (χ1v) is 47.9. The maximum atomic E-state index is 2.93. The van der Waals surface area contributed by atoms with Gasteiger partial charge in [0.05, 0.1) is 0 Å². The van der Waals surface area contributed by atoms with Crippen LogP contribution in [0, 0.1) is 13.8 Å². The van der Waals surface area contributed by atoms with E-state index in [1.807, 2.05) is 0 Å². The first-order valence-electron chi connectivity index (χ1n) is 32.4. The smallest absolute Gasteiger partial charge is 0.0462 e. The molecule has 1 aliphatic carbocycles. The van der Waals surface area contributed by atoms with Crippen molar-refractivity contribution in [2.75, 3.05) is 9.80 Å². The second kappa shape index (κ2) is 34.2. The van der Waals surface area contributed by atoms with Crippen LogP contribution in [-0.4, -0.2) is 0 Å². The summed E-state index contributed by atoms with van der Waals surface area (Å²) in [5.74, 6) is 0. The number of benzene rings is 10. The summed E-state index contributed by atoms with van der Waals surface area (Å²) in [4.78, 5) is 4.78. The van der Waals surface area contributed by atoms with Crippen LogP contribution in [0.25, 0.3) is 55.6 Å². The van der Waals surface area contributed by atoms with Crippen molar-refractivity contribution in [2.24, 2.45) is 0 Å². The molecule has 0 fully saturated rings. The molecule has 462 valence electrons. The van der Waals surface area contributed by atoms with Crippen LogP contribution in [-0.2, 0) is 5.41 Å². The molecule has 0 spiro atoms. The normalized spacial score (nSPS) is 12.4. The van der Waals surface area contributed by atoms with E-state index in [4.69, 9.17) is 0 Å². The predicted octanol–water partition coefficient (Wildman–Crippen LogP) is 28.5. The Bertz CT molecular complexity index is 3550. The Kier molecular flexibility index (Phi) is 26.0. The van der Waals surface area contributed by atoms with Gasteiger partial charge in [0.25, 0.3) is 0 Å². The summed E-state index contributed by atoms with van der Waals surface area (Å²) in [6.45, 7) is 9.62. The number of anilines is 6. The van der Waals surface area contributed by atoms with E-state index in [0.29, 0.717) is 6.99 Å². The number of hydrogen-bond donors (Lipinski definition) is 0. The molecule has 0 N–H and O–H groups in total. The summed E-state index contributed by atoms with van der Waals surface area (Å²) in [5, 5.41) is 0. The van der Waals surface area contributed by atoms with Gasteiger partial charge in [-0.05, 0) is 199 Å². The van der Waals surface area contributed by atoms with Crippen molar-refractivity contribution < 1.29 is 0 Å². The Balaban J connectivity index is 0.000000919. The molecule has 0 aliphatic heterocycles. The summed E-state index contributed by atoms with van der Waals surface area (Å²) in [7, 11) is 15.6. The number of rotatable bonds is 27. The average Bonchev–Trinajstić information content (AvgIpc) is 1.56. The quantitative estimate of drug-likeness (QED) is 0.0374. The van der Waals surface area contributed by atoms with E-state index in [2.05, 4.69) is 325 Å². The van der Waals surface area contributed by atoms with Crippen molar-refractivity contribution in [3.63, 3.8) is 0 Å². The van der Waals surface area contributed by atoms with Gasteiger partial charge in [0, 0.05) is 39.5 Å². The monoisotopic (exact) mass is 1350 g/mol. The van der Waals surface area contributed by atoms with E-state index in [-0.39, 0.29) is 19.4 Å². The number of fused-ring (bicyclic) bond motifs is 3. The Morgan fingerprint density at radius 3 is 0.878 bits per heavy atom.